The zero-order valence-corrected chi connectivity index (χ0v) is 12.7. The van der Waals surface area contributed by atoms with E-state index in [4.69, 9.17) is 21.4 Å². The Morgan fingerprint density at radius 1 is 1.00 bits per heavy atom. The second-order valence-corrected chi connectivity index (χ2v) is 4.84. The van der Waals surface area contributed by atoms with Gasteiger partial charge in [-0.2, -0.15) is 10.5 Å². The number of aliphatic carboxylic acids is 1. The molecule has 0 spiro atoms. The number of nitrogen functional groups attached to an aromatic ring is 1. The maximum Gasteiger partial charge on any atom is 0.303 e. The predicted molar refractivity (Wildman–Crippen MR) is 82.7 cm³/mol. The molecule has 1 aromatic rings. The lowest BCUT2D eigenvalue weighted by molar-refractivity contribution is -0.137. The number of unbranched alkanes of at least 4 members (excludes halogenated alkanes) is 5. The van der Waals surface area contributed by atoms with Crippen molar-refractivity contribution >= 4 is 11.8 Å². The van der Waals surface area contributed by atoms with Crippen LogP contribution in [0.4, 0.5) is 5.82 Å². The van der Waals surface area contributed by atoms with Gasteiger partial charge in [0.15, 0.2) is 22.9 Å². The van der Waals surface area contributed by atoms with Gasteiger partial charge in [-0.3, -0.25) is 4.79 Å². The summed E-state index contributed by atoms with van der Waals surface area (Å²) in [6.07, 6.45) is 5.33. The van der Waals surface area contributed by atoms with E-state index >= 15 is 0 Å². The van der Waals surface area contributed by atoms with E-state index in [0.29, 0.717) is 12.8 Å². The molecule has 0 aromatic carbocycles. The second-order valence-electron chi connectivity index (χ2n) is 4.84. The van der Waals surface area contributed by atoms with Crippen molar-refractivity contribution in [2.75, 3.05) is 5.73 Å². The van der Waals surface area contributed by atoms with Crippen molar-refractivity contribution in [2.24, 2.45) is 0 Å². The first-order valence-corrected chi connectivity index (χ1v) is 7.27. The standard InChI is InChI=1S/C16H17N5O2/c17-10-13-14(11-18)21-16(19)12(20-13)8-6-4-2-1-3-5-7-9-15(22)23/h1-5,7,9H2,(H2,19,21)(H,22,23). The van der Waals surface area contributed by atoms with Crippen molar-refractivity contribution in [3.63, 3.8) is 0 Å². The average molecular weight is 311 g/mol. The summed E-state index contributed by atoms with van der Waals surface area (Å²) in [6.45, 7) is 0. The number of carbonyl (C=O) groups is 1. The quantitative estimate of drug-likeness (QED) is 0.580. The molecule has 23 heavy (non-hydrogen) atoms. The lowest BCUT2D eigenvalue weighted by Gasteiger charge is -1.99. The highest BCUT2D eigenvalue weighted by Gasteiger charge is 2.09. The highest BCUT2D eigenvalue weighted by atomic mass is 16.4. The van der Waals surface area contributed by atoms with Gasteiger partial charge in [0.25, 0.3) is 0 Å². The van der Waals surface area contributed by atoms with Gasteiger partial charge in [0, 0.05) is 12.8 Å². The summed E-state index contributed by atoms with van der Waals surface area (Å²) in [6, 6.07) is 3.55. The van der Waals surface area contributed by atoms with Crippen LogP contribution in [-0.4, -0.2) is 21.0 Å². The van der Waals surface area contributed by atoms with Crippen LogP contribution in [-0.2, 0) is 4.79 Å². The summed E-state index contributed by atoms with van der Waals surface area (Å²) in [5.74, 6) is 4.98. The fraction of sp³-hybridized carbons (Fsp3) is 0.438. The fourth-order valence-electron chi connectivity index (χ4n) is 1.86. The Balaban J connectivity index is 2.41. The van der Waals surface area contributed by atoms with Crippen molar-refractivity contribution in [3.05, 3.63) is 17.1 Å². The number of rotatable bonds is 7. The molecule has 1 aromatic heterocycles. The van der Waals surface area contributed by atoms with Crippen molar-refractivity contribution in [2.45, 2.75) is 44.9 Å². The van der Waals surface area contributed by atoms with E-state index in [1.807, 2.05) is 0 Å². The lowest BCUT2D eigenvalue weighted by atomic mass is 10.1. The fourth-order valence-corrected chi connectivity index (χ4v) is 1.86. The number of hydrogen-bond acceptors (Lipinski definition) is 6. The van der Waals surface area contributed by atoms with Crippen LogP contribution in [0.5, 0.6) is 0 Å². The summed E-state index contributed by atoms with van der Waals surface area (Å²) in [4.78, 5) is 18.1. The van der Waals surface area contributed by atoms with Crippen molar-refractivity contribution < 1.29 is 9.90 Å². The monoisotopic (exact) mass is 311 g/mol. The smallest absolute Gasteiger partial charge is 0.303 e. The SMILES string of the molecule is N#Cc1nc(N)c(C#CCCCCCCCC(=O)O)nc1C#N. The Labute approximate surface area is 134 Å². The second kappa shape index (κ2) is 9.76. The van der Waals surface area contributed by atoms with Crippen LogP contribution in [0, 0.1) is 34.5 Å². The van der Waals surface area contributed by atoms with Gasteiger partial charge in [-0.15, -0.1) is 0 Å². The van der Waals surface area contributed by atoms with Gasteiger partial charge in [-0.1, -0.05) is 25.2 Å². The van der Waals surface area contributed by atoms with Gasteiger partial charge in [0.05, 0.1) is 0 Å². The number of hydrogen-bond donors (Lipinski definition) is 2. The maximum atomic E-state index is 10.3. The minimum atomic E-state index is -0.756. The van der Waals surface area contributed by atoms with Gasteiger partial charge in [-0.25, -0.2) is 9.97 Å². The zero-order chi connectivity index (χ0) is 17.1. The third-order valence-corrected chi connectivity index (χ3v) is 3.03. The molecule has 3 N–H and O–H groups in total. The molecule has 7 heteroatoms. The van der Waals surface area contributed by atoms with E-state index < -0.39 is 5.97 Å². The first-order valence-electron chi connectivity index (χ1n) is 7.27. The van der Waals surface area contributed by atoms with Crippen LogP contribution in [0.1, 0.15) is 62.0 Å². The molecule has 0 aliphatic carbocycles. The summed E-state index contributed by atoms with van der Waals surface area (Å²) in [5.41, 5.74) is 5.69. The molecular weight excluding hydrogens is 294 g/mol. The topological polar surface area (TPSA) is 137 Å². The Morgan fingerprint density at radius 2 is 1.61 bits per heavy atom. The van der Waals surface area contributed by atoms with Gasteiger partial charge in [0.2, 0.25) is 0 Å². The molecule has 0 aliphatic rings. The van der Waals surface area contributed by atoms with Crippen LogP contribution < -0.4 is 5.73 Å². The van der Waals surface area contributed by atoms with E-state index in [2.05, 4.69) is 21.8 Å². The molecule has 0 radical (unpaired) electrons. The Bertz CT molecular complexity index is 704. The van der Waals surface area contributed by atoms with Crippen molar-refractivity contribution in [3.8, 4) is 24.0 Å². The van der Waals surface area contributed by atoms with Crippen LogP contribution in [0.3, 0.4) is 0 Å². The zero-order valence-electron chi connectivity index (χ0n) is 12.7. The first kappa shape index (κ1) is 17.9. The van der Waals surface area contributed by atoms with Gasteiger partial charge in [-0.05, 0) is 18.8 Å². The molecule has 0 amide bonds. The summed E-state index contributed by atoms with van der Waals surface area (Å²) in [7, 11) is 0. The molecule has 0 saturated heterocycles. The molecule has 118 valence electrons. The summed E-state index contributed by atoms with van der Waals surface area (Å²) >= 11 is 0. The minimum absolute atomic E-state index is 0.0433. The largest absolute Gasteiger partial charge is 0.481 e. The lowest BCUT2D eigenvalue weighted by Crippen LogP contribution is -2.03. The van der Waals surface area contributed by atoms with Crippen LogP contribution in [0.25, 0.3) is 0 Å². The maximum absolute atomic E-state index is 10.3. The third-order valence-electron chi connectivity index (χ3n) is 3.03. The molecule has 7 nitrogen and oxygen atoms in total. The first-order chi connectivity index (χ1) is 11.1. The average Bonchev–Trinajstić information content (AvgIpc) is 2.53. The number of carboxylic acid groups (broad SMARTS) is 1. The van der Waals surface area contributed by atoms with Gasteiger partial charge in [0.1, 0.15) is 12.1 Å². The van der Waals surface area contributed by atoms with Crippen molar-refractivity contribution in [1.29, 1.82) is 10.5 Å². The molecule has 1 heterocycles. The number of aromatic nitrogens is 2. The molecule has 1 rings (SSSR count). The van der Waals surface area contributed by atoms with Gasteiger partial charge < -0.3 is 10.8 Å². The third kappa shape index (κ3) is 6.46. The molecule has 0 saturated carbocycles. The number of nitrogens with two attached hydrogens (primary N) is 1. The molecule has 0 bridgehead atoms. The Morgan fingerprint density at radius 3 is 2.26 bits per heavy atom. The van der Waals surface area contributed by atoms with Crippen LogP contribution in [0.2, 0.25) is 0 Å². The molecule has 0 aliphatic heterocycles. The van der Waals surface area contributed by atoms with E-state index in [-0.39, 0.29) is 29.3 Å². The summed E-state index contributed by atoms with van der Waals surface area (Å²) in [5, 5.41) is 26.2. The number of nitrogens with zero attached hydrogens (tertiary/aromatic N) is 4. The van der Waals surface area contributed by atoms with E-state index in [9.17, 15) is 4.79 Å². The van der Waals surface area contributed by atoms with Crippen LogP contribution >= 0.6 is 0 Å². The highest BCUT2D eigenvalue weighted by molar-refractivity contribution is 5.66. The van der Waals surface area contributed by atoms with Gasteiger partial charge >= 0.3 is 5.97 Å². The number of nitriles is 2. The van der Waals surface area contributed by atoms with Crippen LogP contribution in [0.15, 0.2) is 0 Å². The molecular formula is C16H17N5O2. The highest BCUT2D eigenvalue weighted by Crippen LogP contribution is 2.10. The Kier molecular flexibility index (Phi) is 7.61. The van der Waals surface area contributed by atoms with E-state index in [0.717, 1.165) is 25.7 Å². The normalized spacial score (nSPS) is 9.30. The number of carboxylic acids is 1. The molecule has 0 fully saturated rings. The molecule has 0 unspecified atom stereocenters. The number of anilines is 1. The van der Waals surface area contributed by atoms with Crippen molar-refractivity contribution in [1.82, 2.24) is 9.97 Å². The molecule has 0 atom stereocenters. The minimum Gasteiger partial charge on any atom is -0.481 e. The summed E-state index contributed by atoms with van der Waals surface area (Å²) < 4.78 is 0. The Hall–Kier alpha value is -3.11. The van der Waals surface area contributed by atoms with E-state index in [1.54, 1.807) is 12.1 Å². The predicted octanol–water partition coefficient (Wildman–Crippen LogP) is 1.97. The van der Waals surface area contributed by atoms with E-state index in [1.165, 1.54) is 0 Å².